The fourth-order valence-corrected chi connectivity index (χ4v) is 3.00. The van der Waals surface area contributed by atoms with E-state index in [2.05, 4.69) is 10.0 Å². The number of rotatable bonds is 4. The molecule has 2 amide bonds. The van der Waals surface area contributed by atoms with Gasteiger partial charge in [-0.1, -0.05) is 23.7 Å². The van der Waals surface area contributed by atoms with Gasteiger partial charge in [-0.15, -0.1) is 0 Å². The lowest BCUT2D eigenvalue weighted by molar-refractivity contribution is 0.259. The van der Waals surface area contributed by atoms with Crippen molar-refractivity contribution in [1.29, 1.82) is 0 Å². The smallest absolute Gasteiger partial charge is 0.316 e. The van der Waals surface area contributed by atoms with Crippen LogP contribution in [0, 0.1) is 0 Å². The van der Waals surface area contributed by atoms with Gasteiger partial charge in [0.1, 0.15) is 0 Å². The molecule has 0 aliphatic carbocycles. The van der Waals surface area contributed by atoms with Crippen molar-refractivity contribution in [3.05, 3.63) is 53.6 Å². The van der Waals surface area contributed by atoms with Gasteiger partial charge in [0.05, 0.1) is 10.6 Å². The van der Waals surface area contributed by atoms with E-state index >= 15 is 0 Å². The zero-order valence-corrected chi connectivity index (χ0v) is 12.3. The van der Waals surface area contributed by atoms with E-state index in [1.807, 2.05) is 0 Å². The molecule has 21 heavy (non-hydrogen) atoms. The van der Waals surface area contributed by atoms with Crippen molar-refractivity contribution in [1.82, 2.24) is 0 Å². The molecule has 0 aliphatic heterocycles. The number of carbonyl (C=O) groups excluding carboxylic acids is 1. The number of carbonyl (C=O) groups is 1. The van der Waals surface area contributed by atoms with Crippen LogP contribution in [0.3, 0.4) is 0 Å². The van der Waals surface area contributed by atoms with Crippen molar-refractivity contribution in [3.63, 3.8) is 0 Å². The molecule has 0 atom stereocenters. The molecule has 0 unspecified atom stereocenters. The Kier molecular flexibility index (Phi) is 4.35. The van der Waals surface area contributed by atoms with E-state index in [4.69, 9.17) is 17.3 Å². The third-order valence-electron chi connectivity index (χ3n) is 2.49. The molecule has 0 heterocycles. The van der Waals surface area contributed by atoms with E-state index in [9.17, 15) is 13.2 Å². The van der Waals surface area contributed by atoms with E-state index < -0.39 is 16.1 Å². The van der Waals surface area contributed by atoms with Crippen LogP contribution in [0.25, 0.3) is 0 Å². The average molecular weight is 326 g/mol. The summed E-state index contributed by atoms with van der Waals surface area (Å²) in [7, 11) is -3.76. The highest BCUT2D eigenvalue weighted by Gasteiger charge is 2.14. The Bertz CT molecular complexity index is 778. The largest absolute Gasteiger partial charge is 0.351 e. The van der Waals surface area contributed by atoms with Gasteiger partial charge >= 0.3 is 6.03 Å². The minimum absolute atomic E-state index is 0.0447. The monoisotopic (exact) mass is 325 g/mol. The predicted octanol–water partition coefficient (Wildman–Crippen LogP) is 2.63. The second-order valence-electron chi connectivity index (χ2n) is 4.13. The third-order valence-corrected chi connectivity index (χ3v) is 4.10. The highest BCUT2D eigenvalue weighted by atomic mass is 35.5. The average Bonchev–Trinajstić information content (AvgIpc) is 2.37. The van der Waals surface area contributed by atoms with Gasteiger partial charge in [-0.3, -0.25) is 4.72 Å². The van der Waals surface area contributed by atoms with Crippen molar-refractivity contribution in [3.8, 4) is 0 Å². The molecule has 2 aromatic rings. The van der Waals surface area contributed by atoms with Gasteiger partial charge in [0.15, 0.2) is 0 Å². The first-order valence-electron chi connectivity index (χ1n) is 5.82. The van der Waals surface area contributed by atoms with Gasteiger partial charge in [-0.05, 0) is 36.4 Å². The Hall–Kier alpha value is -2.25. The van der Waals surface area contributed by atoms with Crippen molar-refractivity contribution in [2.45, 2.75) is 4.90 Å². The number of nitrogens with one attached hydrogen (secondary N) is 2. The van der Waals surface area contributed by atoms with E-state index in [1.165, 1.54) is 18.2 Å². The molecular formula is C13H12ClN3O3S. The van der Waals surface area contributed by atoms with Crippen LogP contribution < -0.4 is 15.8 Å². The lowest BCUT2D eigenvalue weighted by atomic mass is 10.3. The first kappa shape index (κ1) is 15.1. The topological polar surface area (TPSA) is 101 Å². The van der Waals surface area contributed by atoms with Crippen LogP contribution in [-0.4, -0.2) is 14.4 Å². The minimum Gasteiger partial charge on any atom is -0.351 e. The van der Waals surface area contributed by atoms with Gasteiger partial charge < -0.3 is 11.1 Å². The number of hydrogen-bond acceptors (Lipinski definition) is 3. The first-order chi connectivity index (χ1) is 9.87. The predicted molar refractivity (Wildman–Crippen MR) is 81.9 cm³/mol. The summed E-state index contributed by atoms with van der Waals surface area (Å²) in [6, 6.07) is 11.3. The fourth-order valence-electron chi connectivity index (χ4n) is 1.65. The van der Waals surface area contributed by atoms with Crippen molar-refractivity contribution in [2.24, 2.45) is 5.73 Å². The van der Waals surface area contributed by atoms with E-state index in [-0.39, 0.29) is 4.90 Å². The second kappa shape index (κ2) is 6.02. The van der Waals surface area contributed by atoms with Crippen LogP contribution in [0.15, 0.2) is 53.4 Å². The minimum atomic E-state index is -3.76. The fraction of sp³-hybridized carbons (Fsp3) is 0. The molecule has 0 saturated carbocycles. The number of urea groups is 1. The van der Waals surface area contributed by atoms with Crippen LogP contribution in [0.2, 0.25) is 5.02 Å². The summed E-state index contributed by atoms with van der Waals surface area (Å²) in [5, 5.41) is 2.68. The summed E-state index contributed by atoms with van der Waals surface area (Å²) in [5.74, 6) is 0. The van der Waals surface area contributed by atoms with Gasteiger partial charge in [0.25, 0.3) is 10.0 Å². The van der Waals surface area contributed by atoms with Crippen LogP contribution in [0.1, 0.15) is 0 Å². The van der Waals surface area contributed by atoms with E-state index in [0.717, 1.165) is 0 Å². The summed E-state index contributed by atoms with van der Waals surface area (Å²) in [6.07, 6.45) is 0. The Morgan fingerprint density at radius 2 is 1.71 bits per heavy atom. The number of hydrogen-bond donors (Lipinski definition) is 3. The SMILES string of the molecule is NC(=O)Nc1cccc(NS(=O)(=O)c2cccc(Cl)c2)c1. The summed E-state index contributed by atoms with van der Waals surface area (Å²) < 4.78 is 26.8. The molecule has 8 heteroatoms. The first-order valence-corrected chi connectivity index (χ1v) is 7.68. The highest BCUT2D eigenvalue weighted by molar-refractivity contribution is 7.92. The Labute approximate surface area is 127 Å². The highest BCUT2D eigenvalue weighted by Crippen LogP contribution is 2.21. The maximum atomic E-state index is 12.2. The molecule has 2 aromatic carbocycles. The van der Waals surface area contributed by atoms with Gasteiger partial charge in [-0.25, -0.2) is 13.2 Å². The van der Waals surface area contributed by atoms with Gasteiger partial charge in [0, 0.05) is 10.7 Å². The lowest BCUT2D eigenvalue weighted by Gasteiger charge is -2.10. The zero-order chi connectivity index (χ0) is 15.5. The number of benzene rings is 2. The maximum Gasteiger partial charge on any atom is 0.316 e. The maximum absolute atomic E-state index is 12.2. The van der Waals surface area contributed by atoms with Crippen LogP contribution in [0.4, 0.5) is 16.2 Å². The molecule has 0 fully saturated rings. The summed E-state index contributed by atoms with van der Waals surface area (Å²) in [5.41, 5.74) is 5.68. The number of anilines is 2. The summed E-state index contributed by atoms with van der Waals surface area (Å²) in [4.78, 5) is 10.8. The Morgan fingerprint density at radius 1 is 1.05 bits per heavy atom. The summed E-state index contributed by atoms with van der Waals surface area (Å²) in [6.45, 7) is 0. The normalized spacial score (nSPS) is 10.9. The lowest BCUT2D eigenvalue weighted by Crippen LogP contribution is -2.19. The van der Waals surface area contributed by atoms with Crippen molar-refractivity contribution in [2.75, 3.05) is 10.0 Å². The number of halogens is 1. The molecule has 0 aliphatic rings. The van der Waals surface area contributed by atoms with Crippen molar-refractivity contribution < 1.29 is 13.2 Å². The molecule has 2 rings (SSSR count). The molecule has 0 aromatic heterocycles. The van der Waals surface area contributed by atoms with E-state index in [0.29, 0.717) is 16.4 Å². The van der Waals surface area contributed by atoms with Crippen LogP contribution >= 0.6 is 11.6 Å². The number of sulfonamides is 1. The second-order valence-corrected chi connectivity index (χ2v) is 6.25. The number of nitrogens with two attached hydrogens (primary N) is 1. The molecule has 110 valence electrons. The van der Waals surface area contributed by atoms with Crippen LogP contribution in [0.5, 0.6) is 0 Å². The standard InChI is InChI=1S/C13H12ClN3O3S/c14-9-3-1-6-12(7-9)21(19,20)17-11-5-2-4-10(8-11)16-13(15)18/h1-8,17H,(H3,15,16,18). The number of primary amides is 1. The molecule has 6 nitrogen and oxygen atoms in total. The molecule has 0 radical (unpaired) electrons. The molecule has 4 N–H and O–H groups in total. The van der Waals surface area contributed by atoms with Gasteiger partial charge in [0.2, 0.25) is 0 Å². The summed E-state index contributed by atoms with van der Waals surface area (Å²) >= 11 is 5.78. The number of amides is 2. The van der Waals surface area contributed by atoms with E-state index in [1.54, 1.807) is 30.3 Å². The van der Waals surface area contributed by atoms with Crippen molar-refractivity contribution >= 4 is 39.0 Å². The molecular weight excluding hydrogens is 314 g/mol. The molecule has 0 bridgehead atoms. The quantitative estimate of drug-likeness (QED) is 0.805. The van der Waals surface area contributed by atoms with Crippen LogP contribution in [-0.2, 0) is 10.0 Å². The van der Waals surface area contributed by atoms with Gasteiger partial charge in [-0.2, -0.15) is 0 Å². The Morgan fingerprint density at radius 3 is 2.38 bits per heavy atom. The Balaban J connectivity index is 2.26. The third kappa shape index (κ3) is 4.11. The molecule has 0 saturated heterocycles. The zero-order valence-electron chi connectivity index (χ0n) is 10.7. The molecule has 0 spiro atoms.